The summed E-state index contributed by atoms with van der Waals surface area (Å²) in [6.07, 6.45) is 2.57. The van der Waals surface area contributed by atoms with Gasteiger partial charge in [0.2, 0.25) is 5.91 Å². The van der Waals surface area contributed by atoms with E-state index in [9.17, 15) is 14.4 Å². The van der Waals surface area contributed by atoms with Crippen LogP contribution in [0.25, 0.3) is 0 Å². The molecule has 0 fully saturated rings. The molecule has 0 saturated heterocycles. The summed E-state index contributed by atoms with van der Waals surface area (Å²) < 4.78 is 0.117. The van der Waals surface area contributed by atoms with E-state index in [1.165, 1.54) is 0 Å². The average molecular weight is 365 g/mol. The van der Waals surface area contributed by atoms with Crippen molar-refractivity contribution in [3.8, 4) is 0 Å². The lowest BCUT2D eigenvalue weighted by molar-refractivity contribution is -0.191. The molecule has 0 bridgehead atoms. The molecule has 0 spiro atoms. The number of aliphatic carboxylic acids is 1. The zero-order valence-corrected chi connectivity index (χ0v) is 13.1. The molecule has 0 aliphatic rings. The van der Waals surface area contributed by atoms with E-state index in [0.717, 1.165) is 12.5 Å². The number of hydrogen-bond donors (Lipinski definition) is 3. The van der Waals surface area contributed by atoms with Crippen molar-refractivity contribution in [1.29, 1.82) is 0 Å². The van der Waals surface area contributed by atoms with Crippen LogP contribution < -0.4 is 10.6 Å². The number of nitrogens with one attached hydrogen (secondary N) is 2. The fourth-order valence-electron chi connectivity index (χ4n) is 1.01. The molecule has 0 aromatic rings. The fraction of sp³-hybridized carbons (Fsp3) is 0.500. The number of hydrogen-bond acceptors (Lipinski definition) is 5. The summed E-state index contributed by atoms with van der Waals surface area (Å²) in [7, 11) is 0. The molecule has 118 valence electrons. The van der Waals surface area contributed by atoms with Gasteiger partial charge in [0.1, 0.15) is 0 Å². The molecule has 21 heavy (non-hydrogen) atoms. The van der Waals surface area contributed by atoms with E-state index in [0.29, 0.717) is 13.0 Å². The Morgan fingerprint density at radius 1 is 1.19 bits per heavy atom. The van der Waals surface area contributed by atoms with E-state index in [1.54, 1.807) is 0 Å². The molecule has 0 atom stereocenters. The molecule has 9 heteroatoms. The van der Waals surface area contributed by atoms with Gasteiger partial charge < -0.3 is 15.7 Å². The van der Waals surface area contributed by atoms with Crippen LogP contribution in [0.2, 0.25) is 0 Å². The Hall–Kier alpha value is -1.99. The average Bonchev–Trinajstić information content (AvgIpc) is 2.41. The van der Waals surface area contributed by atoms with Crippen LogP contribution in [-0.4, -0.2) is 42.1 Å². The van der Waals surface area contributed by atoms with Gasteiger partial charge in [-0.25, -0.2) is 0 Å². The largest absolute Gasteiger partial charge is 0.481 e. The van der Waals surface area contributed by atoms with Crippen LogP contribution in [0.15, 0.2) is 10.6 Å². The number of amides is 2. The molecule has 0 aromatic heterocycles. The van der Waals surface area contributed by atoms with Gasteiger partial charge in [-0.2, -0.15) is 9.59 Å². The molecule has 8 nitrogen and oxygen atoms in total. The lowest BCUT2D eigenvalue weighted by Crippen LogP contribution is -2.27. The lowest BCUT2D eigenvalue weighted by atomic mass is 10.3. The Balaban J connectivity index is 0. The minimum Gasteiger partial charge on any atom is -0.481 e. The van der Waals surface area contributed by atoms with Crippen LogP contribution in [0.5, 0.6) is 0 Å². The van der Waals surface area contributed by atoms with Gasteiger partial charge in [0, 0.05) is 25.6 Å². The quantitative estimate of drug-likeness (QED) is 0.416. The first-order chi connectivity index (χ1) is 9.88. The van der Waals surface area contributed by atoms with Crippen LogP contribution in [0, 0.1) is 0 Å². The molecule has 3 N–H and O–H groups in total. The van der Waals surface area contributed by atoms with Crippen molar-refractivity contribution in [2.75, 3.05) is 13.1 Å². The molecule has 0 aliphatic heterocycles. The van der Waals surface area contributed by atoms with E-state index in [4.69, 9.17) is 14.7 Å². The minimum atomic E-state index is -0.905. The molecule has 0 rings (SSSR count). The zero-order valence-electron chi connectivity index (χ0n) is 11.5. The Bertz CT molecular complexity index is 416. The lowest BCUT2D eigenvalue weighted by Gasteiger charge is -2.03. The monoisotopic (exact) mass is 364 g/mol. The molecular weight excluding hydrogens is 348 g/mol. The maximum atomic E-state index is 11.4. The first-order valence-electron chi connectivity index (χ1n) is 6.03. The summed E-state index contributed by atoms with van der Waals surface area (Å²) in [5.74, 6) is -1.69. The number of rotatable bonds is 8. The first kappa shape index (κ1) is 21.3. The standard InChI is InChI=1S/C11H17BrN2O4.CO2/c1-2-5-13-9(15)7-8(12)11(18)14-6-3-4-10(16)17;2-1-3/h7H,2-6H2,1H3,(H,13,15)(H,14,18)(H,16,17);/b8-7-;. The van der Waals surface area contributed by atoms with Crippen LogP contribution in [0.1, 0.15) is 26.2 Å². The summed E-state index contributed by atoms with van der Waals surface area (Å²) in [4.78, 5) is 49.2. The number of halogens is 1. The summed E-state index contributed by atoms with van der Waals surface area (Å²) in [6.45, 7) is 2.73. The van der Waals surface area contributed by atoms with Gasteiger partial charge in [-0.05, 0) is 28.8 Å². The van der Waals surface area contributed by atoms with Gasteiger partial charge in [-0.1, -0.05) is 6.92 Å². The summed E-state index contributed by atoms with van der Waals surface area (Å²) >= 11 is 2.99. The molecule has 0 unspecified atom stereocenters. The smallest absolute Gasteiger partial charge is 0.373 e. The molecule has 0 heterocycles. The molecule has 0 aliphatic carbocycles. The van der Waals surface area contributed by atoms with Crippen molar-refractivity contribution >= 4 is 39.9 Å². The third-order valence-electron chi connectivity index (χ3n) is 1.88. The minimum absolute atomic E-state index is 0.00139. The predicted molar refractivity (Wildman–Crippen MR) is 75.2 cm³/mol. The third-order valence-corrected chi connectivity index (χ3v) is 2.47. The van der Waals surface area contributed by atoms with Gasteiger partial charge >= 0.3 is 12.1 Å². The van der Waals surface area contributed by atoms with Crippen molar-refractivity contribution in [2.45, 2.75) is 26.2 Å². The van der Waals surface area contributed by atoms with Crippen molar-refractivity contribution < 1.29 is 29.1 Å². The van der Waals surface area contributed by atoms with Crippen LogP contribution in [0.4, 0.5) is 0 Å². The third kappa shape index (κ3) is 16.0. The summed E-state index contributed by atoms with van der Waals surface area (Å²) in [5.41, 5.74) is 0. The Morgan fingerprint density at radius 2 is 1.76 bits per heavy atom. The van der Waals surface area contributed by atoms with E-state index >= 15 is 0 Å². The summed E-state index contributed by atoms with van der Waals surface area (Å²) in [5, 5.41) is 13.5. The van der Waals surface area contributed by atoms with E-state index < -0.39 is 11.9 Å². The van der Waals surface area contributed by atoms with Gasteiger partial charge in [0.15, 0.2) is 0 Å². The second kappa shape index (κ2) is 14.4. The number of carbonyl (C=O) groups is 3. The maximum Gasteiger partial charge on any atom is 0.373 e. The number of carboxylic acids is 1. The zero-order chi connectivity index (χ0) is 16.7. The second-order valence-corrected chi connectivity index (χ2v) is 4.47. The van der Waals surface area contributed by atoms with Gasteiger partial charge in [-0.3, -0.25) is 14.4 Å². The van der Waals surface area contributed by atoms with Gasteiger partial charge in [0.25, 0.3) is 5.91 Å². The molecular formula is C12H17BrN2O6. The van der Waals surface area contributed by atoms with Crippen molar-refractivity contribution in [2.24, 2.45) is 0 Å². The van der Waals surface area contributed by atoms with Crippen LogP contribution in [-0.2, 0) is 24.0 Å². The highest BCUT2D eigenvalue weighted by Crippen LogP contribution is 2.04. The fourth-order valence-corrected chi connectivity index (χ4v) is 1.35. The van der Waals surface area contributed by atoms with E-state index in [2.05, 4.69) is 26.6 Å². The van der Waals surface area contributed by atoms with Crippen LogP contribution in [0.3, 0.4) is 0 Å². The van der Waals surface area contributed by atoms with Crippen molar-refractivity contribution in [1.82, 2.24) is 10.6 Å². The maximum absolute atomic E-state index is 11.4. The Morgan fingerprint density at radius 3 is 2.24 bits per heavy atom. The van der Waals surface area contributed by atoms with E-state index in [-0.39, 0.29) is 29.5 Å². The highest BCUT2D eigenvalue weighted by Gasteiger charge is 2.07. The SMILES string of the molecule is CCCNC(=O)/C=C(\Br)C(=O)NCCCC(=O)O.O=C=O. The normalized spacial score (nSPS) is 9.71. The first-order valence-corrected chi connectivity index (χ1v) is 6.82. The molecule has 2 amide bonds. The molecule has 0 aromatic carbocycles. The topological polar surface area (TPSA) is 130 Å². The predicted octanol–water partition coefficient (Wildman–Crippen LogP) is 0.189. The Labute approximate surface area is 130 Å². The van der Waals surface area contributed by atoms with Crippen molar-refractivity contribution in [3.63, 3.8) is 0 Å². The number of carbonyl (C=O) groups excluding carboxylic acids is 4. The van der Waals surface area contributed by atoms with Crippen LogP contribution >= 0.6 is 15.9 Å². The Kier molecular flexibility index (Phi) is 14.6. The molecule has 0 saturated carbocycles. The molecule has 0 radical (unpaired) electrons. The highest BCUT2D eigenvalue weighted by atomic mass is 79.9. The highest BCUT2D eigenvalue weighted by molar-refractivity contribution is 9.12. The summed E-state index contributed by atoms with van der Waals surface area (Å²) in [6, 6.07) is 0. The van der Waals surface area contributed by atoms with Gasteiger partial charge in [0.05, 0.1) is 4.48 Å². The van der Waals surface area contributed by atoms with Gasteiger partial charge in [-0.15, -0.1) is 0 Å². The second-order valence-electron chi connectivity index (χ2n) is 3.62. The van der Waals surface area contributed by atoms with E-state index in [1.807, 2.05) is 6.92 Å². The number of carboxylic acid groups (broad SMARTS) is 1. The van der Waals surface area contributed by atoms with Crippen molar-refractivity contribution in [3.05, 3.63) is 10.6 Å².